The molecular weight excluding hydrogens is 208 g/mol. The fourth-order valence-corrected chi connectivity index (χ4v) is 0.938. The molecule has 16 heavy (non-hydrogen) atoms. The Kier molecular flexibility index (Phi) is 5.78. The molecule has 0 aliphatic carbocycles. The molecule has 0 saturated carbocycles. The van der Waals surface area contributed by atoms with Crippen LogP contribution in [0.5, 0.6) is 0 Å². The summed E-state index contributed by atoms with van der Waals surface area (Å²) in [4.78, 5) is 22.8. The van der Waals surface area contributed by atoms with Crippen molar-refractivity contribution < 1.29 is 19.1 Å². The van der Waals surface area contributed by atoms with Crippen LogP contribution in [0.4, 0.5) is 0 Å². The molecule has 0 bridgehead atoms. The second-order valence-electron chi connectivity index (χ2n) is 4.46. The van der Waals surface area contributed by atoms with E-state index < -0.39 is 11.4 Å². The topological polar surface area (TPSA) is 52.6 Å². The van der Waals surface area contributed by atoms with Crippen molar-refractivity contribution in [3.8, 4) is 0 Å². The van der Waals surface area contributed by atoms with E-state index in [1.54, 1.807) is 26.8 Å². The number of esters is 2. The van der Waals surface area contributed by atoms with Gasteiger partial charge in [0.25, 0.3) is 0 Å². The summed E-state index contributed by atoms with van der Waals surface area (Å²) < 4.78 is 9.62. The minimum atomic E-state index is -0.562. The first kappa shape index (κ1) is 14.7. The van der Waals surface area contributed by atoms with Crippen molar-refractivity contribution in [1.82, 2.24) is 0 Å². The van der Waals surface area contributed by atoms with Crippen LogP contribution in [0.3, 0.4) is 0 Å². The molecular formula is C12H20O4. The Morgan fingerprint density at radius 3 is 2.19 bits per heavy atom. The van der Waals surface area contributed by atoms with Gasteiger partial charge in [0.05, 0.1) is 18.1 Å². The Morgan fingerprint density at radius 1 is 1.25 bits per heavy atom. The van der Waals surface area contributed by atoms with Gasteiger partial charge in [0.2, 0.25) is 0 Å². The van der Waals surface area contributed by atoms with Gasteiger partial charge in [-0.3, -0.25) is 4.79 Å². The number of carbonyl (C=O) groups is 2. The van der Waals surface area contributed by atoms with Crippen LogP contribution in [-0.4, -0.2) is 25.7 Å². The SMILES string of the molecule is CCC=C(COC(=O)C(C)(C)C)C(=O)OC. The Bertz CT molecular complexity index is 284. The Labute approximate surface area is 96.6 Å². The summed E-state index contributed by atoms with van der Waals surface area (Å²) in [6.07, 6.45) is 2.39. The van der Waals surface area contributed by atoms with E-state index in [0.717, 1.165) is 0 Å². The van der Waals surface area contributed by atoms with Gasteiger partial charge in [-0.15, -0.1) is 0 Å². The van der Waals surface area contributed by atoms with Crippen molar-refractivity contribution >= 4 is 11.9 Å². The summed E-state index contributed by atoms with van der Waals surface area (Å²) in [6, 6.07) is 0. The predicted molar refractivity (Wildman–Crippen MR) is 60.8 cm³/mol. The van der Waals surface area contributed by atoms with Crippen LogP contribution < -0.4 is 0 Å². The average Bonchev–Trinajstić information content (AvgIpc) is 2.21. The number of ether oxygens (including phenoxy) is 2. The molecule has 0 aromatic carbocycles. The van der Waals surface area contributed by atoms with Gasteiger partial charge in [-0.2, -0.15) is 0 Å². The predicted octanol–water partition coefficient (Wildman–Crippen LogP) is 2.09. The molecule has 0 aliphatic rings. The van der Waals surface area contributed by atoms with Crippen LogP contribution in [0.1, 0.15) is 34.1 Å². The molecule has 4 nitrogen and oxygen atoms in total. The van der Waals surface area contributed by atoms with E-state index in [1.165, 1.54) is 7.11 Å². The fourth-order valence-electron chi connectivity index (χ4n) is 0.938. The van der Waals surface area contributed by atoms with E-state index in [0.29, 0.717) is 12.0 Å². The zero-order valence-corrected chi connectivity index (χ0v) is 10.6. The van der Waals surface area contributed by atoms with Crippen LogP contribution >= 0.6 is 0 Å². The maximum atomic E-state index is 11.5. The highest BCUT2D eigenvalue weighted by atomic mass is 16.5. The van der Waals surface area contributed by atoms with Gasteiger partial charge in [0, 0.05) is 0 Å². The van der Waals surface area contributed by atoms with Crippen molar-refractivity contribution in [3.63, 3.8) is 0 Å². The highest BCUT2D eigenvalue weighted by molar-refractivity contribution is 5.89. The molecule has 0 radical (unpaired) electrons. The van der Waals surface area contributed by atoms with Crippen molar-refractivity contribution in [2.45, 2.75) is 34.1 Å². The number of methoxy groups -OCH3 is 1. The molecule has 0 unspecified atom stereocenters. The highest BCUT2D eigenvalue weighted by Gasteiger charge is 2.24. The van der Waals surface area contributed by atoms with Gasteiger partial charge in [0.1, 0.15) is 6.61 Å². The average molecular weight is 228 g/mol. The molecule has 0 spiro atoms. The van der Waals surface area contributed by atoms with Crippen molar-refractivity contribution in [2.75, 3.05) is 13.7 Å². The molecule has 0 aromatic rings. The van der Waals surface area contributed by atoms with E-state index in [9.17, 15) is 9.59 Å². The zero-order chi connectivity index (χ0) is 12.8. The van der Waals surface area contributed by atoms with Crippen LogP contribution in [0.15, 0.2) is 11.6 Å². The first-order valence-electron chi connectivity index (χ1n) is 5.27. The normalized spacial score (nSPS) is 12.2. The molecule has 0 aliphatic heterocycles. The third kappa shape index (κ3) is 4.96. The van der Waals surface area contributed by atoms with Gasteiger partial charge < -0.3 is 9.47 Å². The van der Waals surface area contributed by atoms with E-state index in [-0.39, 0.29) is 12.6 Å². The van der Waals surface area contributed by atoms with Crippen LogP contribution in [-0.2, 0) is 19.1 Å². The number of hydrogen-bond acceptors (Lipinski definition) is 4. The summed E-state index contributed by atoms with van der Waals surface area (Å²) in [5.41, 5.74) is -0.185. The summed E-state index contributed by atoms with van der Waals surface area (Å²) >= 11 is 0. The maximum Gasteiger partial charge on any atom is 0.336 e. The summed E-state index contributed by atoms with van der Waals surface area (Å²) in [7, 11) is 1.30. The second kappa shape index (κ2) is 6.30. The lowest BCUT2D eigenvalue weighted by Crippen LogP contribution is -2.25. The minimum Gasteiger partial charge on any atom is -0.466 e. The van der Waals surface area contributed by atoms with Crippen LogP contribution in [0.2, 0.25) is 0 Å². The van der Waals surface area contributed by atoms with Gasteiger partial charge in [-0.05, 0) is 27.2 Å². The number of rotatable bonds is 4. The minimum absolute atomic E-state index is 0.0311. The molecule has 0 aromatic heterocycles. The molecule has 0 saturated heterocycles. The number of allylic oxidation sites excluding steroid dienone is 1. The third-order valence-electron chi connectivity index (χ3n) is 1.87. The standard InChI is InChI=1S/C12H20O4/c1-6-7-9(10(13)15-5)8-16-11(14)12(2,3)4/h7H,6,8H2,1-5H3. The van der Waals surface area contributed by atoms with Crippen LogP contribution in [0.25, 0.3) is 0 Å². The summed E-state index contributed by atoms with van der Waals surface area (Å²) in [5, 5.41) is 0. The number of hydrogen-bond donors (Lipinski definition) is 0. The molecule has 0 N–H and O–H groups in total. The molecule has 0 amide bonds. The molecule has 0 rings (SSSR count). The second-order valence-corrected chi connectivity index (χ2v) is 4.46. The molecule has 4 heteroatoms. The summed E-state index contributed by atoms with van der Waals surface area (Å²) in [6.45, 7) is 7.15. The molecule has 92 valence electrons. The largest absolute Gasteiger partial charge is 0.466 e. The smallest absolute Gasteiger partial charge is 0.336 e. The van der Waals surface area contributed by atoms with Gasteiger partial charge in [-0.25, -0.2) is 4.79 Å². The molecule has 0 fully saturated rings. The first-order chi connectivity index (χ1) is 7.32. The van der Waals surface area contributed by atoms with Crippen molar-refractivity contribution in [3.05, 3.63) is 11.6 Å². The van der Waals surface area contributed by atoms with Gasteiger partial charge in [-0.1, -0.05) is 13.0 Å². The van der Waals surface area contributed by atoms with E-state index in [2.05, 4.69) is 4.74 Å². The summed E-state index contributed by atoms with van der Waals surface area (Å²) in [5.74, 6) is -0.790. The molecule has 0 heterocycles. The van der Waals surface area contributed by atoms with Crippen molar-refractivity contribution in [1.29, 1.82) is 0 Å². The lowest BCUT2D eigenvalue weighted by molar-refractivity contribution is -0.152. The third-order valence-corrected chi connectivity index (χ3v) is 1.87. The lowest BCUT2D eigenvalue weighted by Gasteiger charge is -2.16. The lowest BCUT2D eigenvalue weighted by atomic mass is 9.97. The maximum absolute atomic E-state index is 11.5. The van der Waals surface area contributed by atoms with E-state index in [1.807, 2.05) is 6.92 Å². The Morgan fingerprint density at radius 2 is 1.81 bits per heavy atom. The zero-order valence-electron chi connectivity index (χ0n) is 10.6. The Balaban J connectivity index is 4.41. The fraction of sp³-hybridized carbons (Fsp3) is 0.667. The van der Waals surface area contributed by atoms with Gasteiger partial charge in [0.15, 0.2) is 0 Å². The van der Waals surface area contributed by atoms with Crippen LogP contribution in [0, 0.1) is 5.41 Å². The monoisotopic (exact) mass is 228 g/mol. The Hall–Kier alpha value is -1.32. The number of carbonyl (C=O) groups excluding carboxylic acids is 2. The first-order valence-corrected chi connectivity index (χ1v) is 5.27. The van der Waals surface area contributed by atoms with E-state index >= 15 is 0 Å². The quantitative estimate of drug-likeness (QED) is 0.546. The molecule has 0 atom stereocenters. The van der Waals surface area contributed by atoms with E-state index in [4.69, 9.17) is 4.74 Å². The highest BCUT2D eigenvalue weighted by Crippen LogP contribution is 2.16. The van der Waals surface area contributed by atoms with Gasteiger partial charge >= 0.3 is 11.9 Å². The van der Waals surface area contributed by atoms with Crippen molar-refractivity contribution in [2.24, 2.45) is 5.41 Å².